The molecule has 0 aromatic carbocycles. The first-order chi connectivity index (χ1) is 12.5. The van der Waals surface area contributed by atoms with Crippen LogP contribution in [0.25, 0.3) is 0 Å². The van der Waals surface area contributed by atoms with E-state index in [-0.39, 0.29) is 18.2 Å². The molecule has 4 heterocycles. The summed E-state index contributed by atoms with van der Waals surface area (Å²) in [7, 11) is 2.15. The van der Waals surface area contributed by atoms with E-state index in [1.54, 1.807) is 12.1 Å². The van der Waals surface area contributed by atoms with Gasteiger partial charge in [-0.2, -0.15) is 0 Å². The maximum absolute atomic E-state index is 13.1. The van der Waals surface area contributed by atoms with Crippen molar-refractivity contribution >= 4 is 40.2 Å². The average molecular weight is 411 g/mol. The maximum Gasteiger partial charge on any atom is 0.349 e. The first kappa shape index (κ1) is 18.2. The fraction of sp³-hybridized carbons (Fsp3) is 0.421. The highest BCUT2D eigenvalue weighted by Gasteiger charge is 2.51. The Bertz CT molecular complexity index is 753. The van der Waals surface area contributed by atoms with E-state index in [1.807, 2.05) is 22.9 Å². The fourth-order valence-electron chi connectivity index (χ4n) is 3.97. The van der Waals surface area contributed by atoms with Gasteiger partial charge in [0, 0.05) is 12.8 Å². The van der Waals surface area contributed by atoms with Crippen LogP contribution in [0.1, 0.15) is 22.6 Å². The van der Waals surface area contributed by atoms with Gasteiger partial charge in [-0.15, -0.1) is 22.7 Å². The second kappa shape index (κ2) is 6.77. The molecule has 2 aromatic rings. The summed E-state index contributed by atoms with van der Waals surface area (Å²) in [5.74, 6) is -0.589. The summed E-state index contributed by atoms with van der Waals surface area (Å²) >= 11 is 8.92. The third kappa shape index (κ3) is 2.75. The molecule has 7 heteroatoms. The van der Waals surface area contributed by atoms with Crippen molar-refractivity contribution in [1.82, 2.24) is 0 Å². The molecule has 138 valence electrons. The standard InChI is InChI=1S/C19H21ClNO3S2/c1-21(12-20)13-6-7-14(21)11-15(10-13)24-18(22)19(23,16-4-2-8-25-16)17-5-3-9-26-17/h2-9,13-15,23H,10-12H2,1H3/q+1. The van der Waals surface area contributed by atoms with Crippen LogP contribution in [-0.2, 0) is 15.1 Å². The second-order valence-electron chi connectivity index (χ2n) is 7.15. The predicted octanol–water partition coefficient (Wildman–Crippen LogP) is 3.70. The lowest BCUT2D eigenvalue weighted by atomic mass is 9.95. The molecule has 4 rings (SSSR count). The number of thiophene rings is 2. The molecule has 2 atom stereocenters. The van der Waals surface area contributed by atoms with Gasteiger partial charge in [0.15, 0.2) is 6.00 Å². The minimum absolute atomic E-state index is 0.214. The number of esters is 1. The van der Waals surface area contributed by atoms with Crippen LogP contribution in [0.15, 0.2) is 47.2 Å². The van der Waals surface area contributed by atoms with Crippen LogP contribution in [0, 0.1) is 0 Å². The topological polar surface area (TPSA) is 46.5 Å². The summed E-state index contributed by atoms with van der Waals surface area (Å²) in [6.45, 7) is 0. The van der Waals surface area contributed by atoms with Crippen molar-refractivity contribution in [1.29, 1.82) is 0 Å². The zero-order chi connectivity index (χ0) is 18.4. The van der Waals surface area contributed by atoms with Crippen LogP contribution in [0.4, 0.5) is 0 Å². The molecule has 1 fully saturated rings. The number of fused-ring (bicyclic) bond motifs is 2. The lowest BCUT2D eigenvalue weighted by Gasteiger charge is -2.45. The number of quaternary nitrogens is 1. The molecule has 2 unspecified atom stereocenters. The Labute approximate surface area is 165 Å². The quantitative estimate of drug-likeness (QED) is 0.269. The number of likely N-dealkylation sites (N-methyl/N-ethyl adjacent to an activating group) is 1. The molecular formula is C19H21ClNO3S2+. The zero-order valence-corrected chi connectivity index (χ0v) is 16.8. The number of rotatable bonds is 5. The highest BCUT2D eigenvalue weighted by Crippen LogP contribution is 2.41. The number of carbonyl (C=O) groups is 1. The van der Waals surface area contributed by atoms with Crippen molar-refractivity contribution in [2.24, 2.45) is 0 Å². The molecule has 2 bridgehead atoms. The molecule has 1 N–H and O–H groups in total. The van der Waals surface area contributed by atoms with E-state index in [4.69, 9.17) is 16.3 Å². The van der Waals surface area contributed by atoms with Crippen molar-refractivity contribution in [3.8, 4) is 0 Å². The summed E-state index contributed by atoms with van der Waals surface area (Å²) in [6, 6.07) is 8.26. The van der Waals surface area contributed by atoms with E-state index in [0.717, 1.165) is 17.3 Å². The Hall–Kier alpha value is -1.18. The molecule has 0 aliphatic carbocycles. The molecule has 4 nitrogen and oxygen atoms in total. The van der Waals surface area contributed by atoms with E-state index >= 15 is 0 Å². The van der Waals surface area contributed by atoms with Crippen molar-refractivity contribution in [3.05, 3.63) is 56.9 Å². The van der Waals surface area contributed by atoms with Crippen molar-refractivity contribution in [2.75, 3.05) is 13.1 Å². The number of alkyl halides is 1. The summed E-state index contributed by atoms with van der Waals surface area (Å²) in [6.07, 6.45) is 5.62. The Kier molecular flexibility index (Phi) is 4.73. The van der Waals surface area contributed by atoms with E-state index in [2.05, 4.69) is 19.2 Å². The summed E-state index contributed by atoms with van der Waals surface area (Å²) < 4.78 is 6.61. The second-order valence-corrected chi connectivity index (χ2v) is 9.28. The molecular weight excluding hydrogens is 390 g/mol. The highest BCUT2D eigenvalue weighted by molar-refractivity contribution is 7.12. The van der Waals surface area contributed by atoms with Crippen LogP contribution >= 0.6 is 34.3 Å². The molecule has 26 heavy (non-hydrogen) atoms. The fourth-order valence-corrected chi connectivity index (χ4v) is 6.04. The van der Waals surface area contributed by atoms with Crippen molar-refractivity contribution in [2.45, 2.75) is 36.6 Å². The number of aliphatic hydroxyl groups is 1. The average Bonchev–Trinajstić information content (AvgIpc) is 3.37. The lowest BCUT2D eigenvalue weighted by molar-refractivity contribution is -0.934. The van der Waals surface area contributed by atoms with Crippen LogP contribution in [-0.4, -0.2) is 46.8 Å². The Morgan fingerprint density at radius 2 is 1.77 bits per heavy atom. The summed E-state index contributed by atoms with van der Waals surface area (Å²) in [5, 5.41) is 15.0. The SMILES string of the molecule is C[N+]1(CCl)C2C=CC1CC(OC(=O)C(O)(c1cccs1)c1cccs1)C2. The monoisotopic (exact) mass is 410 g/mol. The zero-order valence-electron chi connectivity index (χ0n) is 14.4. The lowest BCUT2D eigenvalue weighted by Crippen LogP contribution is -2.59. The minimum Gasteiger partial charge on any atom is -0.459 e. The van der Waals surface area contributed by atoms with Gasteiger partial charge in [0.25, 0.3) is 0 Å². The first-order valence-corrected chi connectivity index (χ1v) is 10.9. The highest BCUT2D eigenvalue weighted by atomic mass is 35.5. The maximum atomic E-state index is 13.1. The number of hydrogen-bond donors (Lipinski definition) is 1. The number of nitrogens with zero attached hydrogens (tertiary/aromatic N) is 1. The van der Waals surface area contributed by atoms with E-state index < -0.39 is 11.6 Å². The van der Waals surface area contributed by atoms with E-state index in [1.165, 1.54) is 22.7 Å². The molecule has 2 aliphatic rings. The first-order valence-electron chi connectivity index (χ1n) is 8.59. The summed E-state index contributed by atoms with van der Waals surface area (Å²) in [4.78, 5) is 14.3. The summed E-state index contributed by atoms with van der Waals surface area (Å²) in [5.41, 5.74) is -1.74. The molecule has 2 aliphatic heterocycles. The third-order valence-corrected chi connectivity index (χ3v) is 8.13. The number of piperidine rings is 1. The van der Waals surface area contributed by atoms with Gasteiger partial charge >= 0.3 is 5.97 Å². The van der Waals surface area contributed by atoms with Gasteiger partial charge in [-0.1, -0.05) is 23.7 Å². The Morgan fingerprint density at radius 1 is 1.23 bits per heavy atom. The van der Waals surface area contributed by atoms with E-state index in [0.29, 0.717) is 15.8 Å². The Morgan fingerprint density at radius 3 is 2.19 bits per heavy atom. The Balaban J connectivity index is 1.56. The van der Waals surface area contributed by atoms with Gasteiger partial charge in [-0.3, -0.25) is 0 Å². The van der Waals surface area contributed by atoms with Crippen molar-refractivity contribution < 1.29 is 19.1 Å². The number of ether oxygens (including phenoxy) is 1. The van der Waals surface area contributed by atoms with Crippen LogP contribution in [0.5, 0.6) is 0 Å². The van der Waals surface area contributed by atoms with E-state index in [9.17, 15) is 9.90 Å². The molecule has 0 spiro atoms. The minimum atomic E-state index is -1.74. The van der Waals surface area contributed by atoms with Gasteiger partial charge in [0.05, 0.1) is 16.8 Å². The number of hydrogen-bond acceptors (Lipinski definition) is 5. The molecule has 0 saturated carbocycles. The molecule has 1 saturated heterocycles. The molecule has 0 amide bonds. The smallest absolute Gasteiger partial charge is 0.349 e. The number of carbonyl (C=O) groups excluding carboxylic acids is 1. The van der Waals surface area contributed by atoms with Crippen molar-refractivity contribution in [3.63, 3.8) is 0 Å². The van der Waals surface area contributed by atoms with Crippen LogP contribution in [0.3, 0.4) is 0 Å². The largest absolute Gasteiger partial charge is 0.459 e. The van der Waals surface area contributed by atoms with Gasteiger partial charge in [0.2, 0.25) is 5.60 Å². The van der Waals surface area contributed by atoms with Gasteiger partial charge < -0.3 is 14.3 Å². The normalized spacial score (nSPS) is 30.5. The molecule has 2 aromatic heterocycles. The van der Waals surface area contributed by atoms with Crippen LogP contribution in [0.2, 0.25) is 0 Å². The van der Waals surface area contributed by atoms with Gasteiger partial charge in [-0.25, -0.2) is 4.79 Å². The van der Waals surface area contributed by atoms with Gasteiger partial charge in [-0.05, 0) is 35.0 Å². The van der Waals surface area contributed by atoms with Crippen LogP contribution < -0.4 is 0 Å². The van der Waals surface area contributed by atoms with Gasteiger partial charge in [0.1, 0.15) is 18.2 Å². The number of halogens is 1. The molecule has 0 radical (unpaired) electrons. The predicted molar refractivity (Wildman–Crippen MR) is 104 cm³/mol. The third-order valence-electron chi connectivity index (χ3n) is 5.66.